The van der Waals surface area contributed by atoms with Crippen LogP contribution >= 0.6 is 0 Å². The third-order valence-electron chi connectivity index (χ3n) is 7.32. The fraction of sp³-hybridized carbons (Fsp3) is 0.800. The van der Waals surface area contributed by atoms with Crippen molar-refractivity contribution in [2.45, 2.75) is 148 Å². The summed E-state index contributed by atoms with van der Waals surface area (Å²) in [5.74, 6) is 0.0484. The van der Waals surface area contributed by atoms with Gasteiger partial charge in [0.2, 0.25) is 5.84 Å². The molecule has 202 valence electrons. The van der Waals surface area contributed by atoms with Crippen LogP contribution in [-0.4, -0.2) is 34.1 Å². The van der Waals surface area contributed by atoms with E-state index >= 15 is 0 Å². The zero-order chi connectivity index (χ0) is 25.6. The molecule has 1 heterocycles. The van der Waals surface area contributed by atoms with E-state index in [0.29, 0.717) is 0 Å². The van der Waals surface area contributed by atoms with Gasteiger partial charge in [0.1, 0.15) is 12.4 Å². The molecule has 5 nitrogen and oxygen atoms in total. The number of carboxylic acid groups (broad SMARTS) is 1. The van der Waals surface area contributed by atoms with Crippen molar-refractivity contribution < 1.29 is 14.4 Å². The molecule has 35 heavy (non-hydrogen) atoms. The molecular weight excluding hydrogens is 434 g/mol. The summed E-state index contributed by atoms with van der Waals surface area (Å²) >= 11 is 0. The van der Waals surface area contributed by atoms with Crippen LogP contribution in [0.25, 0.3) is 0 Å². The van der Waals surface area contributed by atoms with E-state index in [1.54, 1.807) is 6.20 Å². The lowest BCUT2D eigenvalue weighted by molar-refractivity contribution is -0.805. The number of nitrogens with zero attached hydrogens (tertiary/aromatic N) is 2. The molecule has 0 aliphatic carbocycles. The smallest absolute Gasteiger partial charge is 0.360 e. The zero-order valence-electron chi connectivity index (χ0n) is 23.1. The standard InChI is InChI=1S/C30H55N3O2/c1-3-4-5-6-7-8-9-10-11-12-13-14-15-16-17-18-19-20-21-22-23-24-29-32-25-26-33(29,28(2)31)27-30(34)35/h17-18,25-26,28H,3-16,19-24,27,31H2,1-2H3/p+1/b18-17+. The number of aliphatic carboxylic acids is 1. The number of nitrogens with two attached hydrogens (primary N) is 1. The van der Waals surface area contributed by atoms with Crippen molar-refractivity contribution in [2.75, 3.05) is 6.54 Å². The second kappa shape index (κ2) is 20.7. The third-order valence-corrected chi connectivity index (χ3v) is 7.32. The molecule has 1 rings (SSSR count). The largest absolute Gasteiger partial charge is 0.477 e. The molecule has 3 N–H and O–H groups in total. The molecule has 0 saturated carbocycles. The lowest BCUT2D eigenvalue weighted by Crippen LogP contribution is -2.59. The Morgan fingerprint density at radius 3 is 1.77 bits per heavy atom. The molecule has 2 atom stereocenters. The first-order valence-electron chi connectivity index (χ1n) is 14.8. The number of hydrogen-bond donors (Lipinski definition) is 2. The van der Waals surface area contributed by atoms with Crippen LogP contribution in [0, 0.1) is 0 Å². The van der Waals surface area contributed by atoms with E-state index in [0.717, 1.165) is 25.1 Å². The number of amidine groups is 1. The van der Waals surface area contributed by atoms with E-state index in [4.69, 9.17) is 5.73 Å². The van der Waals surface area contributed by atoms with E-state index in [-0.39, 0.29) is 17.2 Å². The maximum Gasteiger partial charge on any atom is 0.360 e. The van der Waals surface area contributed by atoms with Crippen molar-refractivity contribution in [1.29, 1.82) is 0 Å². The average molecular weight is 491 g/mol. The summed E-state index contributed by atoms with van der Waals surface area (Å²) in [6.07, 6.45) is 34.2. The molecular formula is C30H56N3O2+. The number of aliphatic imine (C=N–C) groups is 1. The van der Waals surface area contributed by atoms with E-state index in [1.165, 1.54) is 109 Å². The molecule has 5 heteroatoms. The van der Waals surface area contributed by atoms with Crippen LogP contribution in [0.1, 0.15) is 142 Å². The molecule has 1 aliphatic heterocycles. The molecule has 0 aromatic carbocycles. The number of unbranched alkanes of at least 4 members (excludes halogenated alkanes) is 17. The minimum absolute atomic E-state index is 0.0307. The van der Waals surface area contributed by atoms with Crippen LogP contribution in [0.5, 0.6) is 0 Å². The van der Waals surface area contributed by atoms with Gasteiger partial charge in [-0.05, 0) is 32.1 Å². The number of rotatable bonds is 24. The third kappa shape index (κ3) is 14.6. The number of carbonyl (C=O) groups is 1. The molecule has 0 aromatic heterocycles. The highest BCUT2D eigenvalue weighted by molar-refractivity contribution is 5.81. The Balaban J connectivity index is 1.91. The van der Waals surface area contributed by atoms with Crippen molar-refractivity contribution in [3.05, 3.63) is 24.6 Å². The van der Waals surface area contributed by atoms with Crippen molar-refractivity contribution in [3.8, 4) is 0 Å². The molecule has 0 radical (unpaired) electrons. The summed E-state index contributed by atoms with van der Waals surface area (Å²) < 4.78 is 0.164. The van der Waals surface area contributed by atoms with Gasteiger partial charge in [0.25, 0.3) is 0 Å². The Morgan fingerprint density at radius 2 is 1.31 bits per heavy atom. The molecule has 0 bridgehead atoms. The first kappa shape index (κ1) is 31.6. The summed E-state index contributed by atoms with van der Waals surface area (Å²) in [6.45, 7) is 4.11. The van der Waals surface area contributed by atoms with Gasteiger partial charge in [-0.2, -0.15) is 0 Å². The second-order valence-electron chi connectivity index (χ2n) is 10.5. The van der Waals surface area contributed by atoms with Crippen LogP contribution in [0.3, 0.4) is 0 Å². The molecule has 0 spiro atoms. The lowest BCUT2D eigenvalue weighted by atomic mass is 10.0. The summed E-state index contributed by atoms with van der Waals surface area (Å²) in [5.41, 5.74) is 6.12. The minimum atomic E-state index is -0.841. The van der Waals surface area contributed by atoms with Crippen LogP contribution < -0.4 is 5.73 Å². The van der Waals surface area contributed by atoms with E-state index in [2.05, 4.69) is 24.1 Å². The Kier molecular flexibility index (Phi) is 18.7. The molecule has 0 saturated heterocycles. The SMILES string of the molecule is CCCCCCCCCCCCCCC/C=C/CCCCCCC1=NC=C[N+]1(CC(=O)O)C(C)N. The van der Waals surface area contributed by atoms with Gasteiger partial charge >= 0.3 is 5.97 Å². The van der Waals surface area contributed by atoms with Gasteiger partial charge in [-0.1, -0.05) is 109 Å². The van der Waals surface area contributed by atoms with Crippen molar-refractivity contribution in [2.24, 2.45) is 10.7 Å². The van der Waals surface area contributed by atoms with E-state index in [1.807, 2.05) is 13.1 Å². The van der Waals surface area contributed by atoms with Crippen LogP contribution in [0.4, 0.5) is 0 Å². The van der Waals surface area contributed by atoms with E-state index in [9.17, 15) is 9.90 Å². The predicted molar refractivity (Wildman–Crippen MR) is 150 cm³/mol. The highest BCUT2D eigenvalue weighted by Gasteiger charge is 2.40. The van der Waals surface area contributed by atoms with Gasteiger partial charge in [-0.15, -0.1) is 0 Å². The first-order chi connectivity index (χ1) is 17.0. The maximum absolute atomic E-state index is 11.3. The van der Waals surface area contributed by atoms with E-state index < -0.39 is 5.97 Å². The quantitative estimate of drug-likeness (QED) is 0.0809. The summed E-state index contributed by atoms with van der Waals surface area (Å²) in [5, 5.41) is 9.29. The van der Waals surface area contributed by atoms with Gasteiger partial charge in [0, 0.05) is 13.3 Å². The van der Waals surface area contributed by atoms with Gasteiger partial charge < -0.3 is 5.11 Å². The fourth-order valence-corrected chi connectivity index (χ4v) is 5.00. The number of carboxylic acids is 1. The molecule has 1 aliphatic rings. The maximum atomic E-state index is 11.3. The van der Waals surface area contributed by atoms with Gasteiger partial charge in [-0.25, -0.2) is 14.3 Å². The monoisotopic (exact) mass is 490 g/mol. The number of quaternary nitrogens is 1. The Hall–Kier alpha value is -1.46. The fourth-order valence-electron chi connectivity index (χ4n) is 5.00. The second-order valence-corrected chi connectivity index (χ2v) is 10.5. The minimum Gasteiger partial charge on any atom is -0.477 e. The predicted octanol–water partition coefficient (Wildman–Crippen LogP) is 8.45. The highest BCUT2D eigenvalue weighted by atomic mass is 16.4. The van der Waals surface area contributed by atoms with Crippen molar-refractivity contribution in [3.63, 3.8) is 0 Å². The molecule has 0 aromatic rings. The Morgan fingerprint density at radius 1 is 0.857 bits per heavy atom. The Labute approximate surface area is 216 Å². The summed E-state index contributed by atoms with van der Waals surface area (Å²) in [7, 11) is 0. The summed E-state index contributed by atoms with van der Waals surface area (Å²) in [4.78, 5) is 15.7. The molecule has 0 fully saturated rings. The first-order valence-corrected chi connectivity index (χ1v) is 14.8. The molecule has 0 amide bonds. The van der Waals surface area contributed by atoms with Crippen LogP contribution in [0.2, 0.25) is 0 Å². The van der Waals surface area contributed by atoms with Crippen molar-refractivity contribution in [1.82, 2.24) is 0 Å². The van der Waals surface area contributed by atoms with Crippen LogP contribution in [0.15, 0.2) is 29.5 Å². The normalized spacial score (nSPS) is 18.4. The lowest BCUT2D eigenvalue weighted by Gasteiger charge is -2.34. The van der Waals surface area contributed by atoms with Crippen molar-refractivity contribution >= 4 is 11.8 Å². The van der Waals surface area contributed by atoms with Gasteiger partial charge in [0.05, 0.1) is 6.20 Å². The van der Waals surface area contributed by atoms with Crippen LogP contribution in [-0.2, 0) is 4.79 Å². The number of hydrogen-bond acceptors (Lipinski definition) is 3. The number of allylic oxidation sites excluding steroid dienone is 2. The Bertz CT molecular complexity index is 627. The highest BCUT2D eigenvalue weighted by Crippen LogP contribution is 2.23. The molecule has 2 unspecified atom stereocenters. The van der Waals surface area contributed by atoms with Gasteiger partial charge in [-0.3, -0.25) is 5.73 Å². The summed E-state index contributed by atoms with van der Waals surface area (Å²) in [6, 6.07) is 0. The average Bonchev–Trinajstić information content (AvgIpc) is 3.23. The van der Waals surface area contributed by atoms with Gasteiger partial charge in [0.15, 0.2) is 6.54 Å². The topological polar surface area (TPSA) is 75.7 Å². The zero-order valence-corrected chi connectivity index (χ0v) is 23.1.